The molecule has 1 aliphatic heterocycles. The molecule has 1 aliphatic rings. The molecule has 1 aromatic rings. The Kier molecular flexibility index (Phi) is 4.07. The van der Waals surface area contributed by atoms with E-state index in [9.17, 15) is 0 Å². The highest BCUT2D eigenvalue weighted by atomic mass is 15.3. The van der Waals surface area contributed by atoms with E-state index in [0.29, 0.717) is 6.04 Å². The lowest BCUT2D eigenvalue weighted by molar-refractivity contribution is 0.0616. The van der Waals surface area contributed by atoms with Crippen molar-refractivity contribution in [3.8, 4) is 0 Å². The van der Waals surface area contributed by atoms with Gasteiger partial charge in [-0.3, -0.25) is 4.90 Å². The lowest BCUT2D eigenvalue weighted by Crippen LogP contribution is -2.62. The highest BCUT2D eigenvalue weighted by Crippen LogP contribution is 2.19. The van der Waals surface area contributed by atoms with Gasteiger partial charge >= 0.3 is 0 Å². The Morgan fingerprint density at radius 3 is 2.83 bits per heavy atom. The van der Waals surface area contributed by atoms with Gasteiger partial charge in [0.2, 0.25) is 0 Å². The zero-order chi connectivity index (χ0) is 13.2. The lowest BCUT2D eigenvalue weighted by Gasteiger charge is -2.46. The molecule has 1 atom stereocenters. The second-order valence-electron chi connectivity index (χ2n) is 5.91. The molecule has 0 radical (unpaired) electrons. The Bertz CT molecular complexity index is 383. The van der Waals surface area contributed by atoms with Crippen molar-refractivity contribution in [1.82, 2.24) is 19.8 Å². The topological polar surface area (TPSA) is 33.1 Å². The van der Waals surface area contributed by atoms with Crippen LogP contribution in [0.15, 0.2) is 12.4 Å². The van der Waals surface area contributed by atoms with Crippen LogP contribution >= 0.6 is 0 Å². The average molecular weight is 250 g/mol. The molecule has 0 aliphatic carbocycles. The molecule has 1 saturated heterocycles. The van der Waals surface area contributed by atoms with Gasteiger partial charge in [-0.25, -0.2) is 4.98 Å². The predicted molar refractivity (Wildman–Crippen MR) is 74.7 cm³/mol. The number of nitrogens with zero attached hydrogens (tertiary/aromatic N) is 3. The number of aromatic nitrogens is 2. The SMILES string of the molecule is CCC1CN(CCn2ccnc2C)C(C)(C)CN1. The van der Waals surface area contributed by atoms with Crippen LogP contribution in [0.5, 0.6) is 0 Å². The van der Waals surface area contributed by atoms with Gasteiger partial charge in [-0.05, 0) is 27.2 Å². The van der Waals surface area contributed by atoms with E-state index >= 15 is 0 Å². The third-order valence-electron chi connectivity index (χ3n) is 4.15. The van der Waals surface area contributed by atoms with E-state index in [0.717, 1.165) is 32.0 Å². The van der Waals surface area contributed by atoms with Crippen molar-refractivity contribution < 1.29 is 0 Å². The van der Waals surface area contributed by atoms with Gasteiger partial charge in [0, 0.05) is 50.2 Å². The van der Waals surface area contributed by atoms with Gasteiger partial charge in [0.05, 0.1) is 0 Å². The summed E-state index contributed by atoms with van der Waals surface area (Å²) in [5.41, 5.74) is 0.250. The van der Waals surface area contributed by atoms with Gasteiger partial charge in [-0.2, -0.15) is 0 Å². The van der Waals surface area contributed by atoms with Crippen molar-refractivity contribution in [2.75, 3.05) is 19.6 Å². The summed E-state index contributed by atoms with van der Waals surface area (Å²) in [6.07, 6.45) is 5.16. The molecule has 2 heterocycles. The zero-order valence-electron chi connectivity index (χ0n) is 12.1. The van der Waals surface area contributed by atoms with E-state index in [2.05, 4.69) is 53.7 Å². The van der Waals surface area contributed by atoms with Crippen molar-refractivity contribution in [1.29, 1.82) is 0 Å². The Morgan fingerprint density at radius 2 is 2.22 bits per heavy atom. The molecule has 0 spiro atoms. The number of hydrogen-bond donors (Lipinski definition) is 1. The monoisotopic (exact) mass is 250 g/mol. The van der Waals surface area contributed by atoms with Crippen LogP contribution in [0.4, 0.5) is 0 Å². The number of hydrogen-bond acceptors (Lipinski definition) is 3. The molecule has 0 bridgehead atoms. The number of imidazole rings is 1. The maximum absolute atomic E-state index is 4.28. The molecular weight excluding hydrogens is 224 g/mol. The quantitative estimate of drug-likeness (QED) is 0.882. The molecule has 4 nitrogen and oxygen atoms in total. The maximum atomic E-state index is 4.28. The maximum Gasteiger partial charge on any atom is 0.105 e. The van der Waals surface area contributed by atoms with E-state index < -0.39 is 0 Å². The molecule has 1 aromatic heterocycles. The summed E-state index contributed by atoms with van der Waals surface area (Å²) in [5.74, 6) is 1.11. The van der Waals surface area contributed by atoms with Crippen LogP contribution in [0, 0.1) is 6.92 Å². The summed E-state index contributed by atoms with van der Waals surface area (Å²) in [6, 6.07) is 0.641. The van der Waals surface area contributed by atoms with Gasteiger partial charge in [0.25, 0.3) is 0 Å². The first kappa shape index (κ1) is 13.6. The minimum Gasteiger partial charge on any atom is -0.334 e. The predicted octanol–water partition coefficient (Wildman–Crippen LogP) is 1.65. The Labute approximate surface area is 110 Å². The van der Waals surface area contributed by atoms with Crippen LogP contribution in [-0.4, -0.2) is 45.7 Å². The first-order valence-corrected chi connectivity index (χ1v) is 6.99. The Hall–Kier alpha value is -0.870. The standard InChI is InChI=1S/C14H26N4/c1-5-13-10-18(14(3,4)11-16-13)9-8-17-7-6-15-12(17)2/h6-7,13,16H,5,8-11H2,1-4H3. The summed E-state index contributed by atoms with van der Waals surface area (Å²) in [5, 5.41) is 3.63. The molecule has 1 fully saturated rings. The number of piperazine rings is 1. The molecule has 0 amide bonds. The van der Waals surface area contributed by atoms with Crippen molar-refractivity contribution in [2.24, 2.45) is 0 Å². The molecule has 2 rings (SSSR count). The van der Waals surface area contributed by atoms with Crippen LogP contribution in [0.3, 0.4) is 0 Å². The van der Waals surface area contributed by atoms with Crippen LogP contribution in [-0.2, 0) is 6.54 Å². The van der Waals surface area contributed by atoms with Gasteiger partial charge < -0.3 is 9.88 Å². The van der Waals surface area contributed by atoms with E-state index in [1.54, 1.807) is 0 Å². The van der Waals surface area contributed by atoms with Gasteiger partial charge in [0.1, 0.15) is 5.82 Å². The number of aryl methyl sites for hydroxylation is 1. The minimum atomic E-state index is 0.250. The van der Waals surface area contributed by atoms with Crippen molar-refractivity contribution in [3.05, 3.63) is 18.2 Å². The molecule has 1 N–H and O–H groups in total. The smallest absolute Gasteiger partial charge is 0.105 e. The molecule has 1 unspecified atom stereocenters. The van der Waals surface area contributed by atoms with Gasteiger partial charge in [-0.1, -0.05) is 6.92 Å². The third-order valence-corrected chi connectivity index (χ3v) is 4.15. The molecule has 4 heteroatoms. The number of rotatable bonds is 4. The minimum absolute atomic E-state index is 0.250. The van der Waals surface area contributed by atoms with E-state index in [-0.39, 0.29) is 5.54 Å². The van der Waals surface area contributed by atoms with Crippen LogP contribution < -0.4 is 5.32 Å². The van der Waals surface area contributed by atoms with E-state index in [1.165, 1.54) is 6.42 Å². The summed E-state index contributed by atoms with van der Waals surface area (Å²) in [7, 11) is 0. The largest absolute Gasteiger partial charge is 0.334 e. The lowest BCUT2D eigenvalue weighted by atomic mass is 9.96. The normalized spacial score (nSPS) is 24.3. The Morgan fingerprint density at radius 1 is 1.44 bits per heavy atom. The fourth-order valence-corrected chi connectivity index (χ4v) is 2.62. The summed E-state index contributed by atoms with van der Waals surface area (Å²) >= 11 is 0. The van der Waals surface area contributed by atoms with Crippen LogP contribution in [0.25, 0.3) is 0 Å². The van der Waals surface area contributed by atoms with Gasteiger partial charge in [-0.15, -0.1) is 0 Å². The molecule has 0 saturated carbocycles. The van der Waals surface area contributed by atoms with Gasteiger partial charge in [0.15, 0.2) is 0 Å². The highest BCUT2D eigenvalue weighted by molar-refractivity contribution is 4.94. The Balaban J connectivity index is 1.95. The van der Waals surface area contributed by atoms with E-state index in [1.807, 2.05) is 6.20 Å². The van der Waals surface area contributed by atoms with Crippen LogP contribution in [0.2, 0.25) is 0 Å². The second-order valence-corrected chi connectivity index (χ2v) is 5.91. The third kappa shape index (κ3) is 2.93. The van der Waals surface area contributed by atoms with Crippen LogP contribution in [0.1, 0.15) is 33.0 Å². The first-order chi connectivity index (χ1) is 8.53. The second kappa shape index (κ2) is 5.41. The zero-order valence-corrected chi connectivity index (χ0v) is 12.1. The van der Waals surface area contributed by atoms with Crippen molar-refractivity contribution >= 4 is 0 Å². The van der Waals surface area contributed by atoms with Crippen molar-refractivity contribution in [2.45, 2.75) is 52.2 Å². The summed E-state index contributed by atoms with van der Waals surface area (Å²) < 4.78 is 2.24. The number of nitrogens with one attached hydrogen (secondary N) is 1. The molecule has 0 aromatic carbocycles. The average Bonchev–Trinajstić information content (AvgIpc) is 2.73. The fraction of sp³-hybridized carbons (Fsp3) is 0.786. The molecule has 18 heavy (non-hydrogen) atoms. The summed E-state index contributed by atoms with van der Waals surface area (Å²) in [6.45, 7) is 13.3. The highest BCUT2D eigenvalue weighted by Gasteiger charge is 2.32. The molecule has 102 valence electrons. The molecular formula is C14H26N4. The fourth-order valence-electron chi connectivity index (χ4n) is 2.62. The van der Waals surface area contributed by atoms with E-state index in [4.69, 9.17) is 0 Å². The van der Waals surface area contributed by atoms with Crippen molar-refractivity contribution in [3.63, 3.8) is 0 Å². The first-order valence-electron chi connectivity index (χ1n) is 6.99. The summed E-state index contributed by atoms with van der Waals surface area (Å²) in [4.78, 5) is 6.89.